The van der Waals surface area contributed by atoms with E-state index in [0.717, 1.165) is 12.6 Å². The molecule has 0 aliphatic rings. The van der Waals surface area contributed by atoms with Gasteiger partial charge in [-0.15, -0.1) is 0 Å². The number of rotatable bonds is 1. The second-order valence-corrected chi connectivity index (χ2v) is 1.72. The molecule has 0 spiro atoms. The second kappa shape index (κ2) is 2.53. The molecule has 1 heterocycles. The Kier molecular flexibility index (Phi) is 1.72. The summed E-state index contributed by atoms with van der Waals surface area (Å²) in [6.07, 6.45) is 1.82. The van der Waals surface area contributed by atoms with Crippen molar-refractivity contribution in [1.29, 1.82) is 0 Å². The first-order chi connectivity index (χ1) is 4.33. The zero-order chi connectivity index (χ0) is 6.69. The first kappa shape index (κ1) is 6.13. The molecule has 1 rings (SSSR count). The molecule has 0 unspecified atom stereocenters. The Morgan fingerprint density at radius 3 is 2.89 bits per heavy atom. The standard InChI is InChI=1S/C6H7FN2/c1-2-6-3-5(7)4-8-9-6/h3-4H,2H2,1H3. The molecule has 0 aromatic carbocycles. The van der Waals surface area contributed by atoms with Crippen molar-refractivity contribution in [3.63, 3.8) is 0 Å². The van der Waals surface area contributed by atoms with Crippen LogP contribution in [-0.2, 0) is 6.42 Å². The van der Waals surface area contributed by atoms with Crippen LogP contribution in [0.4, 0.5) is 4.39 Å². The van der Waals surface area contributed by atoms with Crippen molar-refractivity contribution in [3.05, 3.63) is 23.8 Å². The molecule has 2 nitrogen and oxygen atoms in total. The van der Waals surface area contributed by atoms with E-state index in [1.165, 1.54) is 6.07 Å². The maximum atomic E-state index is 12.3. The maximum Gasteiger partial charge on any atom is 0.145 e. The zero-order valence-corrected chi connectivity index (χ0v) is 5.13. The smallest absolute Gasteiger partial charge is 0.145 e. The fourth-order valence-corrected chi connectivity index (χ4v) is 0.556. The third kappa shape index (κ3) is 1.45. The van der Waals surface area contributed by atoms with Crippen molar-refractivity contribution < 1.29 is 4.39 Å². The molecule has 1 aromatic rings. The Labute approximate surface area is 52.7 Å². The van der Waals surface area contributed by atoms with E-state index < -0.39 is 0 Å². The first-order valence-electron chi connectivity index (χ1n) is 2.80. The van der Waals surface area contributed by atoms with Gasteiger partial charge in [0.25, 0.3) is 0 Å². The van der Waals surface area contributed by atoms with Crippen molar-refractivity contribution in [2.75, 3.05) is 0 Å². The van der Waals surface area contributed by atoms with Crippen molar-refractivity contribution in [3.8, 4) is 0 Å². The molecular formula is C6H7FN2. The molecule has 0 radical (unpaired) electrons. The molecule has 0 atom stereocenters. The normalized spacial score (nSPS) is 9.56. The largest absolute Gasteiger partial charge is 0.205 e. The summed E-state index contributed by atoms with van der Waals surface area (Å²) in [6.45, 7) is 1.91. The topological polar surface area (TPSA) is 25.8 Å². The summed E-state index contributed by atoms with van der Waals surface area (Å²) in [5, 5.41) is 7.10. The Bertz CT molecular complexity index is 200. The second-order valence-electron chi connectivity index (χ2n) is 1.72. The van der Waals surface area contributed by atoms with Crippen LogP contribution in [0.5, 0.6) is 0 Å². The van der Waals surface area contributed by atoms with Gasteiger partial charge in [0.05, 0.1) is 11.9 Å². The lowest BCUT2D eigenvalue weighted by molar-refractivity contribution is 0.609. The van der Waals surface area contributed by atoms with Crippen LogP contribution in [0.15, 0.2) is 12.3 Å². The van der Waals surface area contributed by atoms with Gasteiger partial charge >= 0.3 is 0 Å². The molecule has 0 bridgehead atoms. The number of hydrogen-bond donors (Lipinski definition) is 0. The van der Waals surface area contributed by atoms with Crippen LogP contribution < -0.4 is 0 Å². The van der Waals surface area contributed by atoms with E-state index in [2.05, 4.69) is 10.2 Å². The van der Waals surface area contributed by atoms with Gasteiger partial charge < -0.3 is 0 Å². The molecule has 0 fully saturated rings. The van der Waals surface area contributed by atoms with Crippen molar-refractivity contribution in [2.45, 2.75) is 13.3 Å². The van der Waals surface area contributed by atoms with E-state index in [4.69, 9.17) is 0 Å². The highest BCUT2D eigenvalue weighted by atomic mass is 19.1. The summed E-state index contributed by atoms with van der Waals surface area (Å²) in [7, 11) is 0. The van der Waals surface area contributed by atoms with Crippen LogP contribution in [0, 0.1) is 5.82 Å². The SMILES string of the molecule is CCc1cc(F)cnn1. The van der Waals surface area contributed by atoms with Crippen molar-refractivity contribution >= 4 is 0 Å². The van der Waals surface area contributed by atoms with Gasteiger partial charge in [0.15, 0.2) is 0 Å². The number of nitrogens with zero attached hydrogens (tertiary/aromatic N) is 2. The summed E-state index contributed by atoms with van der Waals surface area (Å²) >= 11 is 0. The van der Waals surface area contributed by atoms with Gasteiger partial charge in [-0.25, -0.2) is 4.39 Å². The van der Waals surface area contributed by atoms with E-state index in [0.29, 0.717) is 5.69 Å². The summed E-state index contributed by atoms with van der Waals surface area (Å²) in [5.41, 5.74) is 0.690. The summed E-state index contributed by atoms with van der Waals surface area (Å²) in [5.74, 6) is -0.318. The lowest BCUT2D eigenvalue weighted by Gasteiger charge is -1.90. The minimum absolute atomic E-state index is 0.318. The van der Waals surface area contributed by atoms with Crippen molar-refractivity contribution in [2.24, 2.45) is 0 Å². The van der Waals surface area contributed by atoms with Crippen LogP contribution in [0.3, 0.4) is 0 Å². The van der Waals surface area contributed by atoms with Gasteiger partial charge in [0.1, 0.15) is 5.82 Å². The van der Waals surface area contributed by atoms with Gasteiger partial charge in [-0.1, -0.05) is 6.92 Å². The average Bonchev–Trinajstić information content (AvgIpc) is 1.88. The maximum absolute atomic E-state index is 12.3. The van der Waals surface area contributed by atoms with Crippen LogP contribution in [0.2, 0.25) is 0 Å². The fraction of sp³-hybridized carbons (Fsp3) is 0.333. The third-order valence-corrected chi connectivity index (χ3v) is 1.03. The molecule has 0 aliphatic heterocycles. The van der Waals surface area contributed by atoms with E-state index in [-0.39, 0.29) is 5.82 Å². The Morgan fingerprint density at radius 1 is 1.67 bits per heavy atom. The predicted octanol–water partition coefficient (Wildman–Crippen LogP) is 1.18. The Balaban J connectivity index is 2.94. The number of aryl methyl sites for hydroxylation is 1. The molecule has 9 heavy (non-hydrogen) atoms. The van der Waals surface area contributed by atoms with Crippen LogP contribution in [0.25, 0.3) is 0 Å². The Hall–Kier alpha value is -0.990. The highest BCUT2D eigenvalue weighted by molar-refractivity contribution is 5.00. The number of halogens is 1. The van der Waals surface area contributed by atoms with Gasteiger partial charge in [-0.2, -0.15) is 10.2 Å². The monoisotopic (exact) mass is 126 g/mol. The summed E-state index contributed by atoms with van der Waals surface area (Å²) in [4.78, 5) is 0. The fourth-order valence-electron chi connectivity index (χ4n) is 0.556. The van der Waals surface area contributed by atoms with Crippen LogP contribution >= 0.6 is 0 Å². The third-order valence-electron chi connectivity index (χ3n) is 1.03. The van der Waals surface area contributed by atoms with Gasteiger partial charge in [-0.3, -0.25) is 0 Å². The molecule has 48 valence electrons. The summed E-state index contributed by atoms with van der Waals surface area (Å²) < 4.78 is 12.3. The quantitative estimate of drug-likeness (QED) is 0.564. The minimum atomic E-state index is -0.318. The van der Waals surface area contributed by atoms with Gasteiger partial charge in [0, 0.05) is 0 Å². The predicted molar refractivity (Wildman–Crippen MR) is 31.4 cm³/mol. The Morgan fingerprint density at radius 2 is 2.44 bits per heavy atom. The van der Waals surface area contributed by atoms with Crippen LogP contribution in [-0.4, -0.2) is 10.2 Å². The first-order valence-corrected chi connectivity index (χ1v) is 2.80. The molecule has 0 amide bonds. The highest BCUT2D eigenvalue weighted by Crippen LogP contribution is 1.96. The van der Waals surface area contributed by atoms with E-state index in [9.17, 15) is 4.39 Å². The van der Waals surface area contributed by atoms with E-state index >= 15 is 0 Å². The molecule has 0 saturated heterocycles. The minimum Gasteiger partial charge on any atom is -0.205 e. The van der Waals surface area contributed by atoms with Crippen molar-refractivity contribution in [1.82, 2.24) is 10.2 Å². The van der Waals surface area contributed by atoms with Crippen LogP contribution in [0.1, 0.15) is 12.6 Å². The molecule has 1 aromatic heterocycles. The van der Waals surface area contributed by atoms with E-state index in [1.54, 1.807) is 0 Å². The van der Waals surface area contributed by atoms with Gasteiger partial charge in [0.2, 0.25) is 0 Å². The van der Waals surface area contributed by atoms with Gasteiger partial charge in [-0.05, 0) is 12.5 Å². The lowest BCUT2D eigenvalue weighted by Crippen LogP contribution is -1.90. The number of hydrogen-bond acceptors (Lipinski definition) is 2. The average molecular weight is 126 g/mol. The molecular weight excluding hydrogens is 119 g/mol. The lowest BCUT2D eigenvalue weighted by atomic mass is 10.3. The molecule has 0 aliphatic carbocycles. The zero-order valence-electron chi connectivity index (χ0n) is 5.13. The summed E-state index contributed by atoms with van der Waals surface area (Å²) in [6, 6.07) is 1.38. The molecule has 0 N–H and O–H groups in total. The molecule has 3 heteroatoms. The number of aromatic nitrogens is 2. The van der Waals surface area contributed by atoms with E-state index in [1.807, 2.05) is 6.92 Å². The highest BCUT2D eigenvalue weighted by Gasteiger charge is 1.92. The molecule has 0 saturated carbocycles.